The van der Waals surface area contributed by atoms with Crippen LogP contribution in [0, 0.1) is 11.3 Å². The zero-order valence-electron chi connectivity index (χ0n) is 19.1. The number of para-hydroxylation sites is 1. The zero-order valence-corrected chi connectivity index (χ0v) is 19.9. The molecule has 1 fully saturated rings. The maximum atomic E-state index is 13.1. The summed E-state index contributed by atoms with van der Waals surface area (Å²) in [6.07, 6.45) is 2.39. The van der Waals surface area contributed by atoms with Gasteiger partial charge in [-0.25, -0.2) is 0 Å². The summed E-state index contributed by atoms with van der Waals surface area (Å²) < 4.78 is 13.2. The second-order valence-electron chi connectivity index (χ2n) is 7.86. The number of nitriles is 1. The normalized spacial score (nSPS) is 15.1. The molecular formula is C25H27N5O3S. The highest BCUT2D eigenvalue weighted by Gasteiger charge is 2.23. The van der Waals surface area contributed by atoms with Gasteiger partial charge in [-0.15, -0.1) is 10.2 Å². The van der Waals surface area contributed by atoms with Crippen LogP contribution in [0.15, 0.2) is 59.8 Å². The van der Waals surface area contributed by atoms with E-state index in [1.54, 1.807) is 12.0 Å². The van der Waals surface area contributed by atoms with Crippen molar-refractivity contribution in [2.24, 2.45) is 0 Å². The molecule has 34 heavy (non-hydrogen) atoms. The maximum absolute atomic E-state index is 13.1. The van der Waals surface area contributed by atoms with Gasteiger partial charge in [-0.05, 0) is 49.2 Å². The molecule has 1 unspecified atom stereocenters. The molecule has 2 heterocycles. The summed E-state index contributed by atoms with van der Waals surface area (Å²) in [4.78, 5) is 14.8. The summed E-state index contributed by atoms with van der Waals surface area (Å²) in [5.74, 6) is 1.61. The molecule has 1 saturated heterocycles. The first-order valence-corrected chi connectivity index (χ1v) is 12.2. The average Bonchev–Trinajstić information content (AvgIpc) is 3.54. The number of anilines is 1. The van der Waals surface area contributed by atoms with Gasteiger partial charge < -0.3 is 14.4 Å². The summed E-state index contributed by atoms with van der Waals surface area (Å²) in [7, 11) is 1.63. The minimum atomic E-state index is -0.0795. The first-order valence-electron chi connectivity index (χ1n) is 11.2. The van der Waals surface area contributed by atoms with Gasteiger partial charge in [0.25, 0.3) is 0 Å². The van der Waals surface area contributed by atoms with Crippen molar-refractivity contribution in [3.05, 3.63) is 54.6 Å². The summed E-state index contributed by atoms with van der Waals surface area (Å²) in [6, 6.07) is 19.2. The molecule has 0 aliphatic carbocycles. The molecular weight excluding hydrogens is 450 g/mol. The lowest BCUT2D eigenvalue weighted by Gasteiger charge is -2.21. The van der Waals surface area contributed by atoms with E-state index in [0.29, 0.717) is 18.2 Å². The lowest BCUT2D eigenvalue weighted by atomic mass is 10.2. The molecule has 0 saturated carbocycles. The summed E-state index contributed by atoms with van der Waals surface area (Å²) in [5, 5.41) is 18.6. The van der Waals surface area contributed by atoms with E-state index in [4.69, 9.17) is 14.7 Å². The second kappa shape index (κ2) is 11.7. The van der Waals surface area contributed by atoms with Gasteiger partial charge in [0.05, 0.1) is 38.0 Å². The largest absolute Gasteiger partial charge is 0.497 e. The number of hydrogen-bond acceptors (Lipinski definition) is 7. The third-order valence-electron chi connectivity index (χ3n) is 5.62. The topological polar surface area (TPSA) is 93.3 Å². The van der Waals surface area contributed by atoms with Crippen molar-refractivity contribution in [1.82, 2.24) is 14.8 Å². The minimum absolute atomic E-state index is 0.0795. The van der Waals surface area contributed by atoms with Crippen LogP contribution >= 0.6 is 11.8 Å². The number of carbonyl (C=O) groups is 1. The molecule has 8 nitrogen and oxygen atoms in total. The van der Waals surface area contributed by atoms with E-state index in [-0.39, 0.29) is 24.2 Å². The van der Waals surface area contributed by atoms with Gasteiger partial charge in [0, 0.05) is 24.4 Å². The number of carbonyl (C=O) groups excluding carboxylic acids is 1. The Morgan fingerprint density at radius 1 is 1.24 bits per heavy atom. The average molecular weight is 478 g/mol. The Labute approximate surface area is 203 Å². The number of nitrogens with zero attached hydrogens (tertiary/aromatic N) is 5. The van der Waals surface area contributed by atoms with Gasteiger partial charge >= 0.3 is 0 Å². The number of amides is 1. The van der Waals surface area contributed by atoms with Crippen LogP contribution in [0.25, 0.3) is 11.4 Å². The van der Waals surface area contributed by atoms with Gasteiger partial charge in [-0.3, -0.25) is 9.36 Å². The molecule has 1 aliphatic heterocycles. The molecule has 4 rings (SSSR count). The van der Waals surface area contributed by atoms with E-state index in [9.17, 15) is 4.79 Å². The Kier molecular flexibility index (Phi) is 8.17. The second-order valence-corrected chi connectivity index (χ2v) is 8.80. The number of benzene rings is 2. The van der Waals surface area contributed by atoms with Crippen LogP contribution in [-0.4, -0.2) is 52.8 Å². The van der Waals surface area contributed by atoms with Crippen molar-refractivity contribution in [3.63, 3.8) is 0 Å². The number of thioether (sulfide) groups is 1. The Morgan fingerprint density at radius 2 is 2.03 bits per heavy atom. The number of aromatic nitrogens is 3. The van der Waals surface area contributed by atoms with Crippen LogP contribution in [0.5, 0.6) is 5.75 Å². The number of ether oxygens (including phenoxy) is 2. The van der Waals surface area contributed by atoms with E-state index in [1.165, 1.54) is 11.8 Å². The van der Waals surface area contributed by atoms with Crippen LogP contribution in [0.4, 0.5) is 5.69 Å². The molecule has 0 N–H and O–H groups in total. The Bertz CT molecular complexity index is 1120. The fourth-order valence-corrected chi connectivity index (χ4v) is 4.70. The number of methoxy groups -OCH3 is 1. The molecule has 1 atom stereocenters. The zero-order chi connectivity index (χ0) is 23.8. The highest BCUT2D eigenvalue weighted by molar-refractivity contribution is 7.99. The van der Waals surface area contributed by atoms with Crippen LogP contribution in [0.1, 0.15) is 19.3 Å². The minimum Gasteiger partial charge on any atom is -0.497 e. The van der Waals surface area contributed by atoms with Gasteiger partial charge in [-0.1, -0.05) is 30.0 Å². The molecule has 176 valence electrons. The third kappa shape index (κ3) is 5.76. The standard InChI is InChI=1S/C25H27N5O3S/c1-32-21-12-10-19(11-13-21)24-27-28-25(30(24)17-22-9-5-16-33-22)34-18-23(31)29(15-6-14-26)20-7-3-2-4-8-20/h2-4,7-8,10-13,22H,5-6,9,15-18H2,1H3. The smallest absolute Gasteiger partial charge is 0.237 e. The first kappa shape index (κ1) is 23.8. The lowest BCUT2D eigenvalue weighted by Crippen LogP contribution is -2.33. The maximum Gasteiger partial charge on any atom is 0.237 e. The first-order chi connectivity index (χ1) is 16.7. The quantitative estimate of drug-likeness (QED) is 0.405. The van der Waals surface area contributed by atoms with Crippen LogP contribution in [0.2, 0.25) is 0 Å². The molecule has 0 radical (unpaired) electrons. The van der Waals surface area contributed by atoms with Crippen LogP contribution < -0.4 is 9.64 Å². The van der Waals surface area contributed by atoms with E-state index in [1.807, 2.05) is 59.2 Å². The summed E-state index contributed by atoms with van der Waals surface area (Å²) >= 11 is 1.35. The molecule has 3 aromatic rings. The van der Waals surface area contributed by atoms with Crippen molar-refractivity contribution in [2.45, 2.75) is 37.1 Å². The van der Waals surface area contributed by atoms with Gasteiger partial charge in [-0.2, -0.15) is 5.26 Å². The lowest BCUT2D eigenvalue weighted by molar-refractivity contribution is -0.116. The SMILES string of the molecule is COc1ccc(-c2nnc(SCC(=O)N(CCC#N)c3ccccc3)n2CC2CCCO2)cc1. The monoisotopic (exact) mass is 477 g/mol. The van der Waals surface area contributed by atoms with E-state index < -0.39 is 0 Å². The van der Waals surface area contributed by atoms with Crippen molar-refractivity contribution in [3.8, 4) is 23.2 Å². The fourth-order valence-electron chi connectivity index (χ4n) is 3.88. The van der Waals surface area contributed by atoms with Crippen molar-refractivity contribution in [2.75, 3.05) is 30.9 Å². The van der Waals surface area contributed by atoms with E-state index >= 15 is 0 Å². The van der Waals surface area contributed by atoms with E-state index in [0.717, 1.165) is 42.3 Å². The molecule has 1 aliphatic rings. The predicted molar refractivity (Wildman–Crippen MR) is 131 cm³/mol. The van der Waals surface area contributed by atoms with Crippen molar-refractivity contribution in [1.29, 1.82) is 5.26 Å². The molecule has 1 amide bonds. The van der Waals surface area contributed by atoms with Gasteiger partial charge in [0.15, 0.2) is 11.0 Å². The van der Waals surface area contributed by atoms with Gasteiger partial charge in [0.2, 0.25) is 5.91 Å². The number of rotatable bonds is 10. The molecule has 9 heteroatoms. The predicted octanol–water partition coefficient (Wildman–Crippen LogP) is 4.17. The highest BCUT2D eigenvalue weighted by atomic mass is 32.2. The molecule has 2 aromatic carbocycles. The summed E-state index contributed by atoms with van der Waals surface area (Å²) in [5.41, 5.74) is 1.70. The van der Waals surface area contributed by atoms with Crippen LogP contribution in [0.3, 0.4) is 0 Å². The highest BCUT2D eigenvalue weighted by Crippen LogP contribution is 2.28. The summed E-state index contributed by atoms with van der Waals surface area (Å²) in [6.45, 7) is 1.73. The van der Waals surface area contributed by atoms with E-state index in [2.05, 4.69) is 16.3 Å². The fraction of sp³-hybridized carbons (Fsp3) is 0.360. The molecule has 0 bridgehead atoms. The Morgan fingerprint density at radius 3 is 2.71 bits per heavy atom. The Hall–Kier alpha value is -3.35. The van der Waals surface area contributed by atoms with Gasteiger partial charge in [0.1, 0.15) is 5.75 Å². The number of hydrogen-bond donors (Lipinski definition) is 0. The third-order valence-corrected chi connectivity index (χ3v) is 6.57. The van der Waals surface area contributed by atoms with Crippen molar-refractivity contribution >= 4 is 23.4 Å². The van der Waals surface area contributed by atoms with Crippen LogP contribution in [-0.2, 0) is 16.1 Å². The Balaban J connectivity index is 1.54. The van der Waals surface area contributed by atoms with Crippen molar-refractivity contribution < 1.29 is 14.3 Å². The molecule has 1 aromatic heterocycles. The molecule has 0 spiro atoms.